The molecule has 0 spiro atoms. The molecule has 0 unspecified atom stereocenters. The van der Waals surface area contributed by atoms with Crippen molar-refractivity contribution in [2.75, 3.05) is 31.1 Å². The molecule has 0 radical (unpaired) electrons. The topological polar surface area (TPSA) is 66.4 Å². The molecule has 0 aliphatic carbocycles. The van der Waals surface area contributed by atoms with Gasteiger partial charge in [0.15, 0.2) is 0 Å². The van der Waals surface area contributed by atoms with E-state index in [4.69, 9.17) is 0 Å². The predicted molar refractivity (Wildman–Crippen MR) is 106 cm³/mol. The molecular formula is C18H18N4O2S2. The molecule has 6 nitrogen and oxygen atoms in total. The molecule has 26 heavy (non-hydrogen) atoms. The Hall–Kier alpha value is -2.29. The summed E-state index contributed by atoms with van der Waals surface area (Å²) < 4.78 is 26.7. The fourth-order valence-corrected chi connectivity index (χ4v) is 4.90. The third kappa shape index (κ3) is 3.48. The minimum Gasteiger partial charge on any atom is -0.353 e. The Balaban J connectivity index is 1.46. The fraction of sp³-hybridized carbons (Fsp3) is 0.222. The highest BCUT2D eigenvalue weighted by Gasteiger charge is 2.26. The fourth-order valence-electron chi connectivity index (χ4n) is 3.00. The van der Waals surface area contributed by atoms with Gasteiger partial charge in [0.05, 0.1) is 5.39 Å². The van der Waals surface area contributed by atoms with Crippen LogP contribution in [0.3, 0.4) is 0 Å². The third-order valence-electron chi connectivity index (χ3n) is 4.37. The van der Waals surface area contributed by atoms with Crippen molar-refractivity contribution in [3.05, 3.63) is 59.1 Å². The average Bonchev–Trinajstić information content (AvgIpc) is 3.16. The monoisotopic (exact) mass is 386 g/mol. The van der Waals surface area contributed by atoms with Crippen LogP contribution in [0.5, 0.6) is 0 Å². The van der Waals surface area contributed by atoms with E-state index in [2.05, 4.69) is 14.9 Å². The van der Waals surface area contributed by atoms with Gasteiger partial charge in [0.25, 0.3) is 0 Å². The van der Waals surface area contributed by atoms with Gasteiger partial charge in [-0.25, -0.2) is 18.4 Å². The lowest BCUT2D eigenvalue weighted by molar-refractivity contribution is 0.389. The highest BCUT2D eigenvalue weighted by molar-refractivity contribution is 7.92. The van der Waals surface area contributed by atoms with Crippen molar-refractivity contribution in [1.29, 1.82) is 0 Å². The normalized spacial score (nSPS) is 16.5. The summed E-state index contributed by atoms with van der Waals surface area (Å²) in [5, 5.41) is 4.32. The molecule has 134 valence electrons. The Labute approximate surface area is 156 Å². The van der Waals surface area contributed by atoms with Crippen LogP contribution < -0.4 is 4.90 Å². The zero-order chi connectivity index (χ0) is 18.0. The van der Waals surface area contributed by atoms with Crippen molar-refractivity contribution in [2.24, 2.45) is 0 Å². The van der Waals surface area contributed by atoms with Crippen LogP contribution >= 0.6 is 11.3 Å². The van der Waals surface area contributed by atoms with Gasteiger partial charge in [-0.1, -0.05) is 30.3 Å². The third-order valence-corrected chi connectivity index (χ3v) is 6.76. The van der Waals surface area contributed by atoms with Gasteiger partial charge in [-0.2, -0.15) is 4.31 Å². The summed E-state index contributed by atoms with van der Waals surface area (Å²) in [5.74, 6) is 0.883. The number of sulfonamides is 1. The SMILES string of the molecule is O=S(=O)(C=Cc1ccccc1)N1CCN(c2ncnc3sccc23)CC1. The molecule has 1 saturated heterocycles. The molecule has 0 bridgehead atoms. The predicted octanol–water partition coefficient (Wildman–Crippen LogP) is 2.81. The second kappa shape index (κ2) is 7.14. The van der Waals surface area contributed by atoms with E-state index in [0.717, 1.165) is 21.6 Å². The van der Waals surface area contributed by atoms with Gasteiger partial charge >= 0.3 is 0 Å². The second-order valence-electron chi connectivity index (χ2n) is 5.98. The van der Waals surface area contributed by atoms with E-state index < -0.39 is 10.0 Å². The molecule has 1 aliphatic heterocycles. The van der Waals surface area contributed by atoms with Gasteiger partial charge in [0.2, 0.25) is 10.0 Å². The van der Waals surface area contributed by atoms with Gasteiger partial charge in [-0.15, -0.1) is 11.3 Å². The van der Waals surface area contributed by atoms with Gasteiger partial charge in [0, 0.05) is 31.6 Å². The molecule has 2 aromatic heterocycles. The molecule has 8 heteroatoms. The zero-order valence-corrected chi connectivity index (χ0v) is 15.7. The molecule has 3 aromatic rings. The number of thiophene rings is 1. The molecular weight excluding hydrogens is 368 g/mol. The van der Waals surface area contributed by atoms with E-state index in [1.54, 1.807) is 23.7 Å². The Morgan fingerprint density at radius 1 is 1.00 bits per heavy atom. The second-order valence-corrected chi connectivity index (χ2v) is 8.69. The largest absolute Gasteiger partial charge is 0.353 e. The highest BCUT2D eigenvalue weighted by Crippen LogP contribution is 2.27. The zero-order valence-electron chi connectivity index (χ0n) is 14.0. The quantitative estimate of drug-likeness (QED) is 0.690. The Morgan fingerprint density at radius 3 is 2.54 bits per heavy atom. The van der Waals surface area contributed by atoms with Crippen LogP contribution in [0.15, 0.2) is 53.5 Å². The molecule has 1 fully saturated rings. The lowest BCUT2D eigenvalue weighted by atomic mass is 10.2. The summed E-state index contributed by atoms with van der Waals surface area (Å²) in [4.78, 5) is 11.8. The van der Waals surface area contributed by atoms with Crippen molar-refractivity contribution in [1.82, 2.24) is 14.3 Å². The molecule has 4 rings (SSSR count). The van der Waals surface area contributed by atoms with Crippen molar-refractivity contribution < 1.29 is 8.42 Å². The minimum atomic E-state index is -3.42. The van der Waals surface area contributed by atoms with Crippen LogP contribution in [-0.2, 0) is 10.0 Å². The molecule has 1 aliphatic rings. The molecule has 0 saturated carbocycles. The Morgan fingerprint density at radius 2 is 1.77 bits per heavy atom. The lowest BCUT2D eigenvalue weighted by Crippen LogP contribution is -2.48. The average molecular weight is 387 g/mol. The van der Waals surface area contributed by atoms with Crippen molar-refractivity contribution >= 4 is 43.5 Å². The first-order valence-corrected chi connectivity index (χ1v) is 10.7. The standard InChI is InChI=1S/C18H18N4O2S2/c23-26(24,13-7-15-4-2-1-3-5-15)22-10-8-21(9-11-22)17-16-6-12-25-18(16)20-14-19-17/h1-7,12-14H,8-11H2. The van der Waals surface area contributed by atoms with Crippen LogP contribution in [0, 0.1) is 0 Å². The smallest absolute Gasteiger partial charge is 0.236 e. The summed E-state index contributed by atoms with van der Waals surface area (Å²) in [6.45, 7) is 2.11. The van der Waals surface area contributed by atoms with Crippen molar-refractivity contribution in [2.45, 2.75) is 0 Å². The van der Waals surface area contributed by atoms with E-state index in [1.807, 2.05) is 41.8 Å². The van der Waals surface area contributed by atoms with E-state index in [0.29, 0.717) is 26.2 Å². The van der Waals surface area contributed by atoms with Crippen molar-refractivity contribution in [3.8, 4) is 0 Å². The van der Waals surface area contributed by atoms with Gasteiger partial charge in [0.1, 0.15) is 17.0 Å². The first-order valence-electron chi connectivity index (χ1n) is 8.30. The summed E-state index contributed by atoms with van der Waals surface area (Å²) >= 11 is 1.58. The van der Waals surface area contributed by atoms with E-state index >= 15 is 0 Å². The number of nitrogens with zero attached hydrogens (tertiary/aromatic N) is 4. The molecule has 1 aromatic carbocycles. The maximum Gasteiger partial charge on any atom is 0.236 e. The minimum absolute atomic E-state index is 0.442. The first kappa shape index (κ1) is 17.1. The summed E-state index contributed by atoms with van der Waals surface area (Å²) in [5.41, 5.74) is 0.871. The maximum absolute atomic E-state index is 12.6. The summed E-state index contributed by atoms with van der Waals surface area (Å²) in [7, 11) is -3.42. The van der Waals surface area contributed by atoms with E-state index in [1.165, 1.54) is 9.71 Å². The maximum atomic E-state index is 12.6. The molecule has 0 N–H and O–H groups in total. The summed E-state index contributed by atoms with van der Waals surface area (Å²) in [6, 6.07) is 11.5. The van der Waals surface area contributed by atoms with Crippen molar-refractivity contribution in [3.63, 3.8) is 0 Å². The lowest BCUT2D eigenvalue weighted by Gasteiger charge is -2.34. The number of hydrogen-bond donors (Lipinski definition) is 0. The van der Waals surface area contributed by atoms with Gasteiger partial charge in [-0.3, -0.25) is 0 Å². The van der Waals surface area contributed by atoms with Crippen LogP contribution in [0.25, 0.3) is 16.3 Å². The number of rotatable bonds is 4. The molecule has 3 heterocycles. The first-order chi connectivity index (χ1) is 12.6. The van der Waals surface area contributed by atoms with Crippen LogP contribution in [0.2, 0.25) is 0 Å². The van der Waals surface area contributed by atoms with E-state index in [9.17, 15) is 8.42 Å². The number of anilines is 1. The number of aromatic nitrogens is 2. The van der Waals surface area contributed by atoms with Crippen LogP contribution in [0.1, 0.15) is 5.56 Å². The Kier molecular flexibility index (Phi) is 4.71. The van der Waals surface area contributed by atoms with E-state index in [-0.39, 0.29) is 0 Å². The number of fused-ring (bicyclic) bond motifs is 1. The van der Waals surface area contributed by atoms with Gasteiger partial charge < -0.3 is 4.90 Å². The number of hydrogen-bond acceptors (Lipinski definition) is 6. The number of benzene rings is 1. The number of piperazine rings is 1. The molecule has 0 amide bonds. The molecule has 0 atom stereocenters. The highest BCUT2D eigenvalue weighted by atomic mass is 32.2. The van der Waals surface area contributed by atoms with Crippen LogP contribution in [-0.4, -0.2) is 48.9 Å². The summed E-state index contributed by atoms with van der Waals surface area (Å²) in [6.07, 6.45) is 3.21. The van der Waals surface area contributed by atoms with Crippen LogP contribution in [0.4, 0.5) is 5.82 Å². The van der Waals surface area contributed by atoms with Gasteiger partial charge in [-0.05, 0) is 23.1 Å². The Bertz CT molecular complexity index is 1020.